The fourth-order valence-electron chi connectivity index (χ4n) is 4.97. The third kappa shape index (κ3) is 6.17. The van der Waals surface area contributed by atoms with E-state index in [1.165, 1.54) is 28.6 Å². The summed E-state index contributed by atoms with van der Waals surface area (Å²) in [7, 11) is -0.254. The second-order valence-electron chi connectivity index (χ2n) is 9.80. The van der Waals surface area contributed by atoms with Gasteiger partial charge in [-0.25, -0.2) is 24.0 Å². The average Bonchev–Trinajstić information content (AvgIpc) is 3.49. The molecule has 1 amide bonds. The first-order chi connectivity index (χ1) is 19.2. The standard InChI is InChI=1S/C27H35N7O4S2/c1-4-5-12-32-40(37,38)23-10-9-19-20(7-6-8-21(19)33(2)3)24(23)27(36)34-14-11-18(30-17-31-28)16-22(34)25(35)26-29-13-15-39-26/h6-10,13,15,17-18,22,32H,4-5,11-12,14,16,28H2,1-3H3,(H,30,31). The van der Waals surface area contributed by atoms with Crippen LogP contribution in [0.15, 0.2) is 51.8 Å². The van der Waals surface area contributed by atoms with Crippen molar-refractivity contribution in [1.82, 2.24) is 20.0 Å². The Bertz CT molecular complexity index is 1490. The highest BCUT2D eigenvalue weighted by atomic mass is 32.2. The van der Waals surface area contributed by atoms with Gasteiger partial charge in [-0.3, -0.25) is 14.6 Å². The maximum absolute atomic E-state index is 14.5. The normalized spacial score (nSPS) is 17.9. The highest BCUT2D eigenvalue weighted by Gasteiger charge is 2.40. The third-order valence-corrected chi connectivity index (χ3v) is 9.24. The number of aromatic nitrogens is 1. The van der Waals surface area contributed by atoms with Gasteiger partial charge in [0.05, 0.1) is 28.9 Å². The monoisotopic (exact) mass is 585 g/mol. The molecule has 1 fully saturated rings. The van der Waals surface area contributed by atoms with Crippen molar-refractivity contribution in [1.29, 1.82) is 0 Å². The van der Waals surface area contributed by atoms with E-state index in [-0.39, 0.29) is 46.8 Å². The van der Waals surface area contributed by atoms with E-state index >= 15 is 0 Å². The van der Waals surface area contributed by atoms with Gasteiger partial charge in [0.1, 0.15) is 0 Å². The van der Waals surface area contributed by atoms with Gasteiger partial charge in [-0.05, 0) is 36.8 Å². The number of fused-ring (bicyclic) bond motifs is 1. The van der Waals surface area contributed by atoms with Crippen LogP contribution >= 0.6 is 11.3 Å². The number of amides is 1. The molecule has 1 aliphatic heterocycles. The minimum Gasteiger partial charge on any atom is -0.377 e. The number of thiazole rings is 1. The smallest absolute Gasteiger partial charge is 0.256 e. The lowest BCUT2D eigenvalue weighted by atomic mass is 9.92. The number of hydrogen-bond donors (Lipinski definition) is 3. The van der Waals surface area contributed by atoms with Crippen molar-refractivity contribution in [3.63, 3.8) is 0 Å². The number of rotatable bonds is 11. The number of unbranched alkanes of at least 4 members (excludes halogenated alkanes) is 1. The van der Waals surface area contributed by atoms with Gasteiger partial charge in [0.2, 0.25) is 15.8 Å². The van der Waals surface area contributed by atoms with Crippen LogP contribution < -0.4 is 20.9 Å². The molecule has 2 aromatic carbocycles. The zero-order valence-corrected chi connectivity index (χ0v) is 24.5. The number of carbonyl (C=O) groups excluding carboxylic acids is 2. The first kappa shape index (κ1) is 29.6. The second-order valence-corrected chi connectivity index (χ2v) is 12.4. The van der Waals surface area contributed by atoms with Crippen molar-refractivity contribution >= 4 is 55.8 Å². The van der Waals surface area contributed by atoms with E-state index in [1.54, 1.807) is 29.8 Å². The van der Waals surface area contributed by atoms with Crippen LogP contribution in [-0.4, -0.2) is 75.6 Å². The van der Waals surface area contributed by atoms with Crippen molar-refractivity contribution in [3.05, 3.63) is 52.5 Å². The second kappa shape index (κ2) is 12.9. The summed E-state index contributed by atoms with van der Waals surface area (Å²) < 4.78 is 29.7. The summed E-state index contributed by atoms with van der Waals surface area (Å²) in [6.45, 7) is 2.44. The molecule has 0 radical (unpaired) electrons. The van der Waals surface area contributed by atoms with Crippen LogP contribution in [0.1, 0.15) is 52.8 Å². The number of anilines is 1. The maximum atomic E-state index is 14.5. The van der Waals surface area contributed by atoms with E-state index in [9.17, 15) is 18.0 Å². The quantitative estimate of drug-likeness (QED) is 0.0777. The molecule has 3 aromatic rings. The Hall–Kier alpha value is -3.39. The van der Waals surface area contributed by atoms with Crippen LogP contribution in [-0.2, 0) is 10.0 Å². The van der Waals surface area contributed by atoms with Gasteiger partial charge in [-0.2, -0.15) is 0 Å². The van der Waals surface area contributed by atoms with Gasteiger partial charge in [0.15, 0.2) is 5.01 Å². The number of piperidine rings is 1. The number of nitrogens with zero attached hydrogens (tertiary/aromatic N) is 4. The van der Waals surface area contributed by atoms with E-state index in [0.29, 0.717) is 18.2 Å². The number of nitrogens with two attached hydrogens (primary N) is 1. The molecule has 0 aliphatic carbocycles. The van der Waals surface area contributed by atoms with Crippen LogP contribution in [0.5, 0.6) is 0 Å². The predicted molar refractivity (Wildman–Crippen MR) is 158 cm³/mol. The molecule has 0 spiro atoms. The molecule has 0 bridgehead atoms. The largest absolute Gasteiger partial charge is 0.377 e. The highest BCUT2D eigenvalue weighted by Crippen LogP contribution is 2.35. The Kier molecular flexibility index (Phi) is 9.51. The molecule has 214 valence electrons. The van der Waals surface area contributed by atoms with Crippen LogP contribution in [0, 0.1) is 0 Å². The number of hydrazine groups is 1. The number of aliphatic imine (C=N–C) groups is 1. The highest BCUT2D eigenvalue weighted by molar-refractivity contribution is 7.89. The van der Waals surface area contributed by atoms with E-state index < -0.39 is 22.0 Å². The molecule has 13 heteroatoms. The summed E-state index contributed by atoms with van der Waals surface area (Å²) in [6, 6.07) is 7.56. The molecule has 1 aromatic heterocycles. The summed E-state index contributed by atoms with van der Waals surface area (Å²) >= 11 is 1.20. The number of nitrogens with one attached hydrogen (secondary N) is 2. The molecule has 2 unspecified atom stereocenters. The SMILES string of the molecule is CCCCNS(=O)(=O)c1ccc2c(N(C)C)cccc2c1C(=O)N1CCC(N=CNN)CC1C(=O)c1nccs1. The van der Waals surface area contributed by atoms with E-state index in [0.717, 1.165) is 17.5 Å². The minimum absolute atomic E-state index is 0.0488. The third-order valence-electron chi connectivity index (χ3n) is 6.95. The first-order valence-corrected chi connectivity index (χ1v) is 15.5. The Morgan fingerprint density at radius 2 is 2.05 bits per heavy atom. The van der Waals surface area contributed by atoms with Crippen LogP contribution in [0.3, 0.4) is 0 Å². The maximum Gasteiger partial charge on any atom is 0.256 e. The lowest BCUT2D eigenvalue weighted by molar-refractivity contribution is 0.0529. The van der Waals surface area contributed by atoms with Crippen molar-refractivity contribution in [2.45, 2.75) is 49.6 Å². The van der Waals surface area contributed by atoms with Gasteiger partial charge in [0.25, 0.3) is 5.91 Å². The Labute approximate surface area is 238 Å². The van der Waals surface area contributed by atoms with Gasteiger partial charge >= 0.3 is 0 Å². The van der Waals surface area contributed by atoms with Crippen LogP contribution in [0.2, 0.25) is 0 Å². The summed E-state index contributed by atoms with van der Waals surface area (Å²) in [5.74, 6) is 4.53. The minimum atomic E-state index is -4.03. The molecule has 2 atom stereocenters. The van der Waals surface area contributed by atoms with E-state index in [1.807, 2.05) is 32.0 Å². The van der Waals surface area contributed by atoms with Crippen LogP contribution in [0.4, 0.5) is 5.69 Å². The van der Waals surface area contributed by atoms with Crippen molar-refractivity contribution < 1.29 is 18.0 Å². The Morgan fingerprint density at radius 3 is 2.73 bits per heavy atom. The average molecular weight is 586 g/mol. The molecule has 4 N–H and O–H groups in total. The van der Waals surface area contributed by atoms with E-state index in [4.69, 9.17) is 5.84 Å². The van der Waals surface area contributed by atoms with E-state index in [2.05, 4.69) is 20.1 Å². The fraction of sp³-hybridized carbons (Fsp3) is 0.407. The Morgan fingerprint density at radius 1 is 1.25 bits per heavy atom. The molecule has 1 aliphatic rings. The molecular weight excluding hydrogens is 550 g/mol. The summed E-state index contributed by atoms with van der Waals surface area (Å²) in [6.07, 6.45) is 5.13. The number of sulfonamides is 1. The molecular formula is C27H35N7O4S2. The van der Waals surface area contributed by atoms with Crippen molar-refractivity contribution in [2.24, 2.45) is 10.8 Å². The lowest BCUT2D eigenvalue weighted by Gasteiger charge is -2.37. The van der Waals surface area contributed by atoms with Gasteiger partial charge in [-0.15, -0.1) is 11.3 Å². The molecule has 2 heterocycles. The summed E-state index contributed by atoms with van der Waals surface area (Å²) in [4.78, 5) is 39.9. The number of Topliss-reactive ketones (excluding diaryl/α,β-unsaturated/α-hetero) is 1. The van der Waals surface area contributed by atoms with Crippen LogP contribution in [0.25, 0.3) is 10.8 Å². The number of hydrogen-bond acceptors (Lipinski definition) is 9. The fourth-order valence-corrected chi connectivity index (χ4v) is 6.88. The van der Waals surface area contributed by atoms with Crippen molar-refractivity contribution in [2.75, 3.05) is 32.1 Å². The zero-order chi connectivity index (χ0) is 28.9. The number of carbonyl (C=O) groups is 2. The number of likely N-dealkylation sites (tertiary alicyclic amines) is 1. The molecule has 11 nitrogen and oxygen atoms in total. The van der Waals surface area contributed by atoms with Crippen molar-refractivity contribution in [3.8, 4) is 0 Å². The van der Waals surface area contributed by atoms with Gasteiger partial charge < -0.3 is 15.2 Å². The van der Waals surface area contributed by atoms with Gasteiger partial charge in [-0.1, -0.05) is 31.5 Å². The topological polar surface area (TPSA) is 150 Å². The predicted octanol–water partition coefficient (Wildman–Crippen LogP) is 2.79. The molecule has 0 saturated carbocycles. The number of benzene rings is 2. The molecule has 4 rings (SSSR count). The Balaban J connectivity index is 1.86. The molecule has 40 heavy (non-hydrogen) atoms. The number of ketones is 1. The lowest BCUT2D eigenvalue weighted by Crippen LogP contribution is -2.51. The summed E-state index contributed by atoms with van der Waals surface area (Å²) in [5.41, 5.74) is 3.27. The molecule has 1 saturated heterocycles. The first-order valence-electron chi connectivity index (χ1n) is 13.1. The van der Waals surface area contributed by atoms with Gasteiger partial charge in [0, 0.05) is 49.8 Å². The summed E-state index contributed by atoms with van der Waals surface area (Å²) in [5, 5.41) is 3.23. The zero-order valence-electron chi connectivity index (χ0n) is 22.8.